The van der Waals surface area contributed by atoms with Crippen molar-refractivity contribution in [1.82, 2.24) is 4.90 Å². The Labute approximate surface area is 80.9 Å². The lowest BCUT2D eigenvalue weighted by Gasteiger charge is -2.47. The maximum atomic E-state index is 2.64. The molecule has 0 aromatic heterocycles. The van der Waals surface area contributed by atoms with Crippen molar-refractivity contribution in [1.29, 1.82) is 0 Å². The van der Waals surface area contributed by atoms with Gasteiger partial charge < -0.3 is 0 Å². The SMILES string of the molecule is C[C@@H]1CSC[C@H](C)N1C(C)(C)C. The number of hydrogen-bond acceptors (Lipinski definition) is 2. The summed E-state index contributed by atoms with van der Waals surface area (Å²) in [6, 6.07) is 1.47. The van der Waals surface area contributed by atoms with Crippen LogP contribution in [-0.4, -0.2) is 34.0 Å². The standard InChI is InChI=1S/C10H21NS/c1-8-6-12-7-9(2)11(8)10(3,4)5/h8-9H,6-7H2,1-5H3/t8-,9+. The highest BCUT2D eigenvalue weighted by Gasteiger charge is 2.33. The summed E-state index contributed by atoms with van der Waals surface area (Å²) in [5, 5.41) is 0. The number of thioether (sulfide) groups is 1. The molecule has 0 radical (unpaired) electrons. The Bertz CT molecular complexity index is 140. The van der Waals surface area contributed by atoms with Crippen LogP contribution in [0.3, 0.4) is 0 Å². The topological polar surface area (TPSA) is 3.24 Å². The van der Waals surface area contributed by atoms with E-state index >= 15 is 0 Å². The maximum Gasteiger partial charge on any atom is 0.0166 e. The molecular formula is C10H21NS. The molecular weight excluding hydrogens is 166 g/mol. The minimum absolute atomic E-state index is 0.333. The van der Waals surface area contributed by atoms with Gasteiger partial charge >= 0.3 is 0 Å². The van der Waals surface area contributed by atoms with Gasteiger partial charge in [0, 0.05) is 29.1 Å². The second-order valence-electron chi connectivity index (χ2n) is 4.81. The van der Waals surface area contributed by atoms with Crippen molar-refractivity contribution in [2.24, 2.45) is 0 Å². The monoisotopic (exact) mass is 187 g/mol. The van der Waals surface area contributed by atoms with Crippen LogP contribution >= 0.6 is 11.8 Å². The van der Waals surface area contributed by atoms with Crippen molar-refractivity contribution in [3.05, 3.63) is 0 Å². The summed E-state index contributed by atoms with van der Waals surface area (Å²) >= 11 is 2.09. The van der Waals surface area contributed by atoms with Gasteiger partial charge in [-0.25, -0.2) is 0 Å². The van der Waals surface area contributed by atoms with Crippen LogP contribution in [0.5, 0.6) is 0 Å². The van der Waals surface area contributed by atoms with E-state index in [1.54, 1.807) is 0 Å². The summed E-state index contributed by atoms with van der Waals surface area (Å²) in [6.07, 6.45) is 0. The van der Waals surface area contributed by atoms with E-state index in [0.29, 0.717) is 5.54 Å². The molecule has 1 fully saturated rings. The van der Waals surface area contributed by atoms with Crippen LogP contribution in [0.1, 0.15) is 34.6 Å². The molecule has 1 saturated heterocycles. The molecule has 1 aliphatic rings. The van der Waals surface area contributed by atoms with Crippen molar-refractivity contribution in [3.8, 4) is 0 Å². The van der Waals surface area contributed by atoms with Crippen molar-refractivity contribution >= 4 is 11.8 Å². The fraction of sp³-hybridized carbons (Fsp3) is 1.00. The molecule has 1 aliphatic heterocycles. The van der Waals surface area contributed by atoms with Crippen LogP contribution in [0.2, 0.25) is 0 Å². The van der Waals surface area contributed by atoms with Crippen LogP contribution in [0.15, 0.2) is 0 Å². The van der Waals surface area contributed by atoms with Crippen LogP contribution in [0.4, 0.5) is 0 Å². The summed E-state index contributed by atoms with van der Waals surface area (Å²) in [4.78, 5) is 2.64. The van der Waals surface area contributed by atoms with E-state index in [2.05, 4.69) is 51.3 Å². The third-order valence-electron chi connectivity index (χ3n) is 2.44. The Hall–Kier alpha value is 0.310. The summed E-state index contributed by atoms with van der Waals surface area (Å²) in [6.45, 7) is 11.6. The fourth-order valence-corrected chi connectivity index (χ4v) is 3.47. The average Bonchev–Trinajstić information content (AvgIpc) is 1.82. The number of nitrogens with zero attached hydrogens (tertiary/aromatic N) is 1. The molecule has 0 N–H and O–H groups in total. The van der Waals surface area contributed by atoms with E-state index in [4.69, 9.17) is 0 Å². The summed E-state index contributed by atoms with van der Waals surface area (Å²) in [7, 11) is 0. The van der Waals surface area contributed by atoms with Crippen molar-refractivity contribution in [3.63, 3.8) is 0 Å². The van der Waals surface area contributed by atoms with Gasteiger partial charge in [-0.3, -0.25) is 4.90 Å². The van der Waals surface area contributed by atoms with Crippen molar-refractivity contribution < 1.29 is 0 Å². The lowest BCUT2D eigenvalue weighted by atomic mass is 10.0. The normalized spacial score (nSPS) is 33.8. The second kappa shape index (κ2) is 3.59. The molecule has 2 heteroatoms. The molecule has 1 rings (SSSR count). The fourth-order valence-electron chi connectivity index (χ4n) is 2.33. The van der Waals surface area contributed by atoms with Gasteiger partial charge in [0.1, 0.15) is 0 Å². The maximum absolute atomic E-state index is 2.64. The Morgan fingerprint density at radius 1 is 1.08 bits per heavy atom. The van der Waals surface area contributed by atoms with E-state index in [0.717, 1.165) is 12.1 Å². The zero-order valence-electron chi connectivity index (χ0n) is 8.92. The van der Waals surface area contributed by atoms with Crippen LogP contribution in [0, 0.1) is 0 Å². The van der Waals surface area contributed by atoms with Gasteiger partial charge in [0.15, 0.2) is 0 Å². The molecule has 0 aliphatic carbocycles. The van der Waals surface area contributed by atoms with E-state index in [1.165, 1.54) is 11.5 Å². The predicted octanol–water partition coefficient (Wildman–Crippen LogP) is 2.61. The van der Waals surface area contributed by atoms with Gasteiger partial charge in [-0.1, -0.05) is 0 Å². The van der Waals surface area contributed by atoms with E-state index in [-0.39, 0.29) is 0 Å². The molecule has 1 nitrogen and oxygen atoms in total. The van der Waals surface area contributed by atoms with Crippen molar-refractivity contribution in [2.75, 3.05) is 11.5 Å². The Morgan fingerprint density at radius 3 is 1.75 bits per heavy atom. The van der Waals surface area contributed by atoms with Gasteiger partial charge in [0.25, 0.3) is 0 Å². The molecule has 1 heterocycles. The molecule has 0 aromatic rings. The summed E-state index contributed by atoms with van der Waals surface area (Å²) in [5.41, 5.74) is 0.333. The van der Waals surface area contributed by atoms with Gasteiger partial charge in [0.2, 0.25) is 0 Å². The molecule has 0 saturated carbocycles. The Kier molecular flexibility index (Phi) is 3.11. The van der Waals surface area contributed by atoms with Crippen LogP contribution in [0.25, 0.3) is 0 Å². The van der Waals surface area contributed by atoms with E-state index in [1.807, 2.05) is 0 Å². The molecule has 12 heavy (non-hydrogen) atoms. The minimum atomic E-state index is 0.333. The third-order valence-corrected chi connectivity index (χ3v) is 3.88. The van der Waals surface area contributed by atoms with Gasteiger partial charge in [-0.05, 0) is 34.6 Å². The Balaban J connectivity index is 2.69. The largest absolute Gasteiger partial charge is 0.292 e. The first-order valence-electron chi connectivity index (χ1n) is 4.79. The highest BCUT2D eigenvalue weighted by Crippen LogP contribution is 2.28. The van der Waals surface area contributed by atoms with Crippen molar-refractivity contribution in [2.45, 2.75) is 52.2 Å². The Morgan fingerprint density at radius 2 is 1.50 bits per heavy atom. The molecule has 0 amide bonds. The molecule has 72 valence electrons. The quantitative estimate of drug-likeness (QED) is 0.573. The molecule has 2 atom stereocenters. The molecule has 0 unspecified atom stereocenters. The lowest BCUT2D eigenvalue weighted by molar-refractivity contribution is 0.0635. The number of hydrogen-bond donors (Lipinski definition) is 0. The smallest absolute Gasteiger partial charge is 0.0166 e. The zero-order valence-corrected chi connectivity index (χ0v) is 9.74. The third kappa shape index (κ3) is 2.17. The molecule has 0 aromatic carbocycles. The predicted molar refractivity (Wildman–Crippen MR) is 57.8 cm³/mol. The van der Waals surface area contributed by atoms with Crippen LogP contribution < -0.4 is 0 Å². The average molecular weight is 187 g/mol. The lowest BCUT2D eigenvalue weighted by Crippen LogP contribution is -2.55. The van der Waals surface area contributed by atoms with E-state index < -0.39 is 0 Å². The summed E-state index contributed by atoms with van der Waals surface area (Å²) in [5.74, 6) is 2.59. The van der Waals surface area contributed by atoms with Gasteiger partial charge in [-0.2, -0.15) is 11.8 Å². The number of rotatable bonds is 0. The summed E-state index contributed by atoms with van der Waals surface area (Å²) < 4.78 is 0. The minimum Gasteiger partial charge on any atom is -0.292 e. The zero-order chi connectivity index (χ0) is 9.35. The first kappa shape index (κ1) is 10.4. The first-order valence-corrected chi connectivity index (χ1v) is 5.94. The molecule has 0 spiro atoms. The first-order chi connectivity index (χ1) is 5.43. The van der Waals surface area contributed by atoms with Gasteiger partial charge in [0.05, 0.1) is 0 Å². The highest BCUT2D eigenvalue weighted by molar-refractivity contribution is 7.99. The van der Waals surface area contributed by atoms with Gasteiger partial charge in [-0.15, -0.1) is 0 Å². The van der Waals surface area contributed by atoms with Crippen LogP contribution in [-0.2, 0) is 0 Å². The highest BCUT2D eigenvalue weighted by atomic mass is 32.2. The van der Waals surface area contributed by atoms with E-state index in [9.17, 15) is 0 Å². The molecule has 0 bridgehead atoms. The second-order valence-corrected chi connectivity index (χ2v) is 5.89.